The summed E-state index contributed by atoms with van der Waals surface area (Å²) in [6.07, 6.45) is 4.39. The van der Waals surface area contributed by atoms with Crippen LogP contribution in [0.2, 0.25) is 0 Å². The van der Waals surface area contributed by atoms with Crippen LogP contribution in [0, 0.1) is 5.92 Å². The fraction of sp³-hybridized carbons (Fsp3) is 0.733. The molecule has 5 nitrogen and oxygen atoms in total. The maximum atomic E-state index is 11.5. The predicted molar refractivity (Wildman–Crippen MR) is 83.6 cm³/mol. The summed E-state index contributed by atoms with van der Waals surface area (Å²) in [6.45, 7) is 5.50. The van der Waals surface area contributed by atoms with Gasteiger partial charge in [0.25, 0.3) is 0 Å². The molecular formula is C15H26N2O3S. The van der Waals surface area contributed by atoms with Gasteiger partial charge in [0.1, 0.15) is 11.5 Å². The molecule has 1 aromatic heterocycles. The second kappa shape index (κ2) is 6.94. The van der Waals surface area contributed by atoms with Crippen molar-refractivity contribution in [1.29, 1.82) is 0 Å². The third-order valence-electron chi connectivity index (χ3n) is 4.13. The Bertz CT molecular complexity index is 553. The lowest BCUT2D eigenvalue weighted by molar-refractivity contribution is 0.145. The SMILES string of the molecule is CCc1ccc(CN2CCCC(CN(C)S(C)(=O)=O)C2)o1. The van der Waals surface area contributed by atoms with Crippen molar-refractivity contribution < 1.29 is 12.8 Å². The van der Waals surface area contributed by atoms with Gasteiger partial charge in [0, 0.05) is 26.6 Å². The van der Waals surface area contributed by atoms with Crippen molar-refractivity contribution in [1.82, 2.24) is 9.21 Å². The second-order valence-corrected chi connectivity index (χ2v) is 8.10. The van der Waals surface area contributed by atoms with E-state index in [1.807, 2.05) is 12.1 Å². The summed E-state index contributed by atoms with van der Waals surface area (Å²) in [5, 5.41) is 0. The van der Waals surface area contributed by atoms with Crippen LogP contribution < -0.4 is 0 Å². The van der Waals surface area contributed by atoms with Crippen molar-refractivity contribution in [2.45, 2.75) is 32.7 Å². The van der Waals surface area contributed by atoms with E-state index in [-0.39, 0.29) is 0 Å². The summed E-state index contributed by atoms with van der Waals surface area (Å²) in [7, 11) is -1.42. The Balaban J connectivity index is 1.88. The van der Waals surface area contributed by atoms with E-state index >= 15 is 0 Å². The van der Waals surface area contributed by atoms with E-state index in [1.54, 1.807) is 7.05 Å². The second-order valence-electron chi connectivity index (χ2n) is 6.01. The molecule has 1 aliphatic heterocycles. The molecule has 1 aromatic rings. The molecule has 0 aromatic carbocycles. The summed E-state index contributed by atoms with van der Waals surface area (Å²) < 4.78 is 30.2. The molecule has 1 atom stereocenters. The molecule has 1 unspecified atom stereocenters. The molecular weight excluding hydrogens is 288 g/mol. The standard InChI is InChI=1S/C15H26N2O3S/c1-4-14-7-8-15(20-14)12-17-9-5-6-13(11-17)10-16(2)21(3,18)19/h7-8,13H,4-6,9-12H2,1-3H3. The molecule has 0 amide bonds. The minimum Gasteiger partial charge on any atom is -0.465 e. The van der Waals surface area contributed by atoms with Gasteiger partial charge in [-0.2, -0.15) is 0 Å². The molecule has 0 saturated carbocycles. The molecule has 0 aliphatic carbocycles. The number of nitrogens with zero attached hydrogens (tertiary/aromatic N) is 2. The maximum absolute atomic E-state index is 11.5. The number of sulfonamides is 1. The van der Waals surface area contributed by atoms with Crippen molar-refractivity contribution in [3.63, 3.8) is 0 Å². The first-order valence-corrected chi connectivity index (χ1v) is 9.44. The number of rotatable bonds is 6. The van der Waals surface area contributed by atoms with E-state index < -0.39 is 10.0 Å². The van der Waals surface area contributed by atoms with Crippen molar-refractivity contribution in [2.75, 3.05) is 32.9 Å². The lowest BCUT2D eigenvalue weighted by atomic mass is 9.98. The van der Waals surface area contributed by atoms with E-state index in [4.69, 9.17) is 4.42 Å². The first kappa shape index (κ1) is 16.5. The average molecular weight is 314 g/mol. The lowest BCUT2D eigenvalue weighted by Gasteiger charge is -2.33. The Morgan fingerprint density at radius 3 is 2.71 bits per heavy atom. The minimum absolute atomic E-state index is 0.402. The van der Waals surface area contributed by atoms with Crippen LogP contribution in [-0.4, -0.2) is 50.6 Å². The van der Waals surface area contributed by atoms with Gasteiger partial charge in [-0.05, 0) is 37.4 Å². The fourth-order valence-corrected chi connectivity index (χ4v) is 3.34. The first-order valence-electron chi connectivity index (χ1n) is 7.59. The molecule has 0 radical (unpaired) electrons. The normalized spacial score (nSPS) is 21.0. The molecule has 2 heterocycles. The summed E-state index contributed by atoms with van der Waals surface area (Å²) >= 11 is 0. The highest BCUT2D eigenvalue weighted by Gasteiger charge is 2.24. The van der Waals surface area contributed by atoms with Crippen LogP contribution in [0.3, 0.4) is 0 Å². The molecule has 0 spiro atoms. The van der Waals surface area contributed by atoms with Crippen LogP contribution in [0.15, 0.2) is 16.5 Å². The number of piperidine rings is 1. The Hall–Kier alpha value is -0.850. The molecule has 6 heteroatoms. The average Bonchev–Trinajstić information content (AvgIpc) is 2.85. The van der Waals surface area contributed by atoms with E-state index in [0.29, 0.717) is 12.5 Å². The highest BCUT2D eigenvalue weighted by molar-refractivity contribution is 7.88. The molecule has 2 rings (SSSR count). The zero-order valence-electron chi connectivity index (χ0n) is 13.2. The number of furan rings is 1. The van der Waals surface area contributed by atoms with Crippen molar-refractivity contribution in [2.24, 2.45) is 5.92 Å². The van der Waals surface area contributed by atoms with Crippen molar-refractivity contribution in [3.05, 3.63) is 23.7 Å². The highest BCUT2D eigenvalue weighted by atomic mass is 32.2. The van der Waals surface area contributed by atoms with Gasteiger partial charge in [-0.3, -0.25) is 4.90 Å². The number of aryl methyl sites for hydroxylation is 1. The van der Waals surface area contributed by atoms with Gasteiger partial charge in [-0.15, -0.1) is 0 Å². The van der Waals surface area contributed by atoms with Crippen molar-refractivity contribution in [3.8, 4) is 0 Å². The van der Waals surface area contributed by atoms with Crippen molar-refractivity contribution >= 4 is 10.0 Å². The summed E-state index contributed by atoms with van der Waals surface area (Å²) in [6, 6.07) is 4.08. The Labute approximate surface area is 128 Å². The van der Waals surface area contributed by atoms with Crippen LogP contribution in [0.4, 0.5) is 0 Å². The number of hydrogen-bond donors (Lipinski definition) is 0. The van der Waals surface area contributed by atoms with E-state index in [9.17, 15) is 8.42 Å². The largest absolute Gasteiger partial charge is 0.465 e. The summed E-state index contributed by atoms with van der Waals surface area (Å²) in [5.74, 6) is 2.43. The molecule has 1 saturated heterocycles. The zero-order chi connectivity index (χ0) is 15.5. The summed E-state index contributed by atoms with van der Waals surface area (Å²) in [4.78, 5) is 2.36. The molecule has 1 fully saturated rings. The van der Waals surface area contributed by atoms with Gasteiger partial charge in [-0.25, -0.2) is 12.7 Å². The smallest absolute Gasteiger partial charge is 0.210 e. The van der Waals surface area contributed by atoms with E-state index in [2.05, 4.69) is 11.8 Å². The molecule has 0 bridgehead atoms. The van der Waals surface area contributed by atoms with Crippen LogP contribution in [0.5, 0.6) is 0 Å². The van der Waals surface area contributed by atoms with Crippen LogP contribution in [-0.2, 0) is 23.0 Å². The lowest BCUT2D eigenvalue weighted by Crippen LogP contribution is -2.40. The van der Waals surface area contributed by atoms with Crippen LogP contribution >= 0.6 is 0 Å². The van der Waals surface area contributed by atoms with Gasteiger partial charge >= 0.3 is 0 Å². The van der Waals surface area contributed by atoms with Crippen LogP contribution in [0.25, 0.3) is 0 Å². The third kappa shape index (κ3) is 4.83. The summed E-state index contributed by atoms with van der Waals surface area (Å²) in [5.41, 5.74) is 0. The van der Waals surface area contributed by atoms with Gasteiger partial charge < -0.3 is 4.42 Å². The predicted octanol–water partition coefficient (Wildman–Crippen LogP) is 1.95. The topological polar surface area (TPSA) is 53.8 Å². The Morgan fingerprint density at radius 2 is 2.10 bits per heavy atom. The number of likely N-dealkylation sites (tertiary alicyclic amines) is 1. The number of hydrogen-bond acceptors (Lipinski definition) is 4. The third-order valence-corrected chi connectivity index (χ3v) is 5.41. The molecule has 0 N–H and O–H groups in total. The maximum Gasteiger partial charge on any atom is 0.210 e. The fourth-order valence-electron chi connectivity index (χ4n) is 2.86. The van der Waals surface area contributed by atoms with Gasteiger partial charge in [0.05, 0.1) is 12.8 Å². The zero-order valence-corrected chi connectivity index (χ0v) is 14.0. The van der Waals surface area contributed by atoms with Gasteiger partial charge in [0.2, 0.25) is 10.0 Å². The van der Waals surface area contributed by atoms with Gasteiger partial charge in [-0.1, -0.05) is 6.92 Å². The van der Waals surface area contributed by atoms with Crippen LogP contribution in [0.1, 0.15) is 31.3 Å². The quantitative estimate of drug-likeness (QED) is 0.805. The molecule has 120 valence electrons. The molecule has 21 heavy (non-hydrogen) atoms. The minimum atomic E-state index is -3.08. The monoisotopic (exact) mass is 314 g/mol. The Kier molecular flexibility index (Phi) is 5.46. The van der Waals surface area contributed by atoms with E-state index in [0.717, 1.165) is 50.4 Å². The van der Waals surface area contributed by atoms with E-state index in [1.165, 1.54) is 10.6 Å². The highest BCUT2D eigenvalue weighted by Crippen LogP contribution is 2.21. The van der Waals surface area contributed by atoms with Gasteiger partial charge in [0.15, 0.2) is 0 Å². The Morgan fingerprint density at radius 1 is 1.38 bits per heavy atom. The first-order chi connectivity index (χ1) is 9.88. The molecule has 1 aliphatic rings.